The predicted octanol–water partition coefficient (Wildman–Crippen LogP) is 2.53. The number of amides is 1. The Balaban J connectivity index is 1.64. The number of rotatable bonds is 6. The maximum Gasteiger partial charge on any atom is 0.253 e. The zero-order valence-corrected chi connectivity index (χ0v) is 16.1. The molecule has 1 aromatic heterocycles. The molecule has 0 bridgehead atoms. The number of benzene rings is 1. The van der Waals surface area contributed by atoms with E-state index < -0.39 is 9.84 Å². The molecule has 0 aliphatic carbocycles. The van der Waals surface area contributed by atoms with Crippen molar-refractivity contribution < 1.29 is 17.9 Å². The fourth-order valence-electron chi connectivity index (χ4n) is 2.87. The van der Waals surface area contributed by atoms with Crippen LogP contribution in [0.4, 0.5) is 11.4 Å². The van der Waals surface area contributed by atoms with Gasteiger partial charge in [0, 0.05) is 17.9 Å². The SMILES string of the molecule is CC(C)Oc1ccc(Nc2cncc(C(=O)NC3CCS(=O)(=O)C3)c2)cc1. The zero-order valence-electron chi connectivity index (χ0n) is 15.3. The smallest absolute Gasteiger partial charge is 0.253 e. The maximum absolute atomic E-state index is 12.4. The fourth-order valence-corrected chi connectivity index (χ4v) is 4.54. The van der Waals surface area contributed by atoms with E-state index in [1.807, 2.05) is 38.1 Å². The van der Waals surface area contributed by atoms with E-state index in [1.54, 1.807) is 12.3 Å². The lowest BCUT2D eigenvalue weighted by molar-refractivity contribution is 0.0941. The second kappa shape index (κ2) is 7.96. The second-order valence-corrected chi connectivity index (χ2v) is 9.08. The Morgan fingerprint density at radius 2 is 1.93 bits per heavy atom. The highest BCUT2D eigenvalue weighted by atomic mass is 32.2. The summed E-state index contributed by atoms with van der Waals surface area (Å²) in [5.41, 5.74) is 1.88. The van der Waals surface area contributed by atoms with Gasteiger partial charge in [0.05, 0.1) is 35.1 Å². The number of carbonyl (C=O) groups excluding carboxylic acids is 1. The van der Waals surface area contributed by atoms with Gasteiger partial charge >= 0.3 is 0 Å². The van der Waals surface area contributed by atoms with Crippen molar-refractivity contribution in [3.8, 4) is 5.75 Å². The Morgan fingerprint density at radius 1 is 1.19 bits per heavy atom. The molecule has 8 heteroatoms. The summed E-state index contributed by atoms with van der Waals surface area (Å²) in [7, 11) is -3.04. The van der Waals surface area contributed by atoms with Crippen molar-refractivity contribution in [1.29, 1.82) is 0 Å². The number of aromatic nitrogens is 1. The number of pyridine rings is 1. The van der Waals surface area contributed by atoms with Gasteiger partial charge in [-0.15, -0.1) is 0 Å². The molecule has 1 fully saturated rings. The minimum Gasteiger partial charge on any atom is -0.491 e. The maximum atomic E-state index is 12.4. The summed E-state index contributed by atoms with van der Waals surface area (Å²) in [5.74, 6) is 0.575. The van der Waals surface area contributed by atoms with Gasteiger partial charge in [-0.1, -0.05) is 0 Å². The van der Waals surface area contributed by atoms with Gasteiger partial charge in [-0.05, 0) is 50.6 Å². The molecule has 2 heterocycles. The van der Waals surface area contributed by atoms with Crippen LogP contribution in [0.1, 0.15) is 30.6 Å². The molecule has 0 radical (unpaired) electrons. The highest BCUT2D eigenvalue weighted by Crippen LogP contribution is 2.21. The molecule has 1 saturated heterocycles. The third kappa shape index (κ3) is 5.43. The molecule has 7 nitrogen and oxygen atoms in total. The highest BCUT2D eigenvalue weighted by Gasteiger charge is 2.29. The number of nitrogens with zero attached hydrogens (tertiary/aromatic N) is 1. The Kier molecular flexibility index (Phi) is 5.65. The van der Waals surface area contributed by atoms with E-state index >= 15 is 0 Å². The molecule has 3 rings (SSSR count). The Hall–Kier alpha value is -2.61. The van der Waals surface area contributed by atoms with Crippen molar-refractivity contribution in [2.75, 3.05) is 16.8 Å². The van der Waals surface area contributed by atoms with Gasteiger partial charge in [-0.2, -0.15) is 0 Å². The molecular formula is C19H23N3O4S. The van der Waals surface area contributed by atoms with Gasteiger partial charge in [-0.25, -0.2) is 8.42 Å². The van der Waals surface area contributed by atoms with Crippen LogP contribution in [-0.4, -0.2) is 43.0 Å². The van der Waals surface area contributed by atoms with E-state index in [0.717, 1.165) is 11.4 Å². The van der Waals surface area contributed by atoms with Gasteiger partial charge in [0.25, 0.3) is 5.91 Å². The van der Waals surface area contributed by atoms with Crippen LogP contribution in [0.25, 0.3) is 0 Å². The van der Waals surface area contributed by atoms with Gasteiger partial charge < -0.3 is 15.4 Å². The van der Waals surface area contributed by atoms with Crippen LogP contribution in [0.5, 0.6) is 5.75 Å². The zero-order chi connectivity index (χ0) is 19.4. The Labute approximate surface area is 159 Å². The summed E-state index contributed by atoms with van der Waals surface area (Å²) in [6.07, 6.45) is 3.64. The molecule has 1 amide bonds. The average molecular weight is 389 g/mol. The van der Waals surface area contributed by atoms with E-state index in [0.29, 0.717) is 17.7 Å². The predicted molar refractivity (Wildman–Crippen MR) is 104 cm³/mol. The van der Waals surface area contributed by atoms with E-state index in [4.69, 9.17) is 4.74 Å². The standard InChI is InChI=1S/C19H23N3O4S/c1-13(2)26-18-5-3-15(4-6-18)21-17-9-14(10-20-11-17)19(23)22-16-7-8-27(24,25)12-16/h3-6,9-11,13,16,21H,7-8,12H2,1-2H3,(H,22,23). The summed E-state index contributed by atoms with van der Waals surface area (Å²) >= 11 is 0. The fraction of sp³-hybridized carbons (Fsp3) is 0.368. The first-order chi connectivity index (χ1) is 12.8. The quantitative estimate of drug-likeness (QED) is 0.788. The number of sulfone groups is 1. The summed E-state index contributed by atoms with van der Waals surface area (Å²) < 4.78 is 28.6. The third-order valence-electron chi connectivity index (χ3n) is 4.08. The normalized spacial score (nSPS) is 18.3. The van der Waals surface area contributed by atoms with Crippen molar-refractivity contribution in [2.45, 2.75) is 32.4 Å². The molecule has 2 aromatic rings. The molecule has 1 aliphatic rings. The van der Waals surface area contributed by atoms with Crippen LogP contribution in [0.15, 0.2) is 42.7 Å². The first kappa shape index (κ1) is 19.2. The number of ether oxygens (including phenoxy) is 1. The van der Waals surface area contributed by atoms with Crippen molar-refractivity contribution in [2.24, 2.45) is 0 Å². The molecule has 1 aromatic carbocycles. The van der Waals surface area contributed by atoms with Crippen LogP contribution >= 0.6 is 0 Å². The molecule has 27 heavy (non-hydrogen) atoms. The molecule has 1 aliphatic heterocycles. The first-order valence-corrected chi connectivity index (χ1v) is 10.6. The van der Waals surface area contributed by atoms with E-state index in [-0.39, 0.29) is 29.6 Å². The molecule has 144 valence electrons. The number of nitrogens with one attached hydrogen (secondary N) is 2. The van der Waals surface area contributed by atoms with Crippen LogP contribution in [0.3, 0.4) is 0 Å². The lowest BCUT2D eigenvalue weighted by Crippen LogP contribution is -2.35. The monoisotopic (exact) mass is 389 g/mol. The number of carbonyl (C=O) groups is 1. The van der Waals surface area contributed by atoms with Gasteiger partial charge in [-0.3, -0.25) is 9.78 Å². The van der Waals surface area contributed by atoms with Crippen LogP contribution in [-0.2, 0) is 9.84 Å². The van der Waals surface area contributed by atoms with Crippen molar-refractivity contribution >= 4 is 27.1 Å². The minimum atomic E-state index is -3.04. The summed E-state index contributed by atoms with van der Waals surface area (Å²) in [4.78, 5) is 16.5. The van der Waals surface area contributed by atoms with Crippen LogP contribution in [0.2, 0.25) is 0 Å². The number of hydrogen-bond acceptors (Lipinski definition) is 6. The van der Waals surface area contributed by atoms with Gasteiger partial charge in [0.15, 0.2) is 9.84 Å². The van der Waals surface area contributed by atoms with Gasteiger partial charge in [0.2, 0.25) is 0 Å². The van der Waals surface area contributed by atoms with Crippen LogP contribution in [0, 0.1) is 0 Å². The highest BCUT2D eigenvalue weighted by molar-refractivity contribution is 7.91. The largest absolute Gasteiger partial charge is 0.491 e. The van der Waals surface area contributed by atoms with Crippen molar-refractivity contribution in [1.82, 2.24) is 10.3 Å². The molecule has 1 unspecified atom stereocenters. The van der Waals surface area contributed by atoms with E-state index in [1.165, 1.54) is 6.20 Å². The van der Waals surface area contributed by atoms with E-state index in [9.17, 15) is 13.2 Å². The van der Waals surface area contributed by atoms with Crippen molar-refractivity contribution in [3.63, 3.8) is 0 Å². The average Bonchev–Trinajstić information content (AvgIpc) is 2.95. The molecule has 0 spiro atoms. The molecular weight excluding hydrogens is 366 g/mol. The molecule has 2 N–H and O–H groups in total. The summed E-state index contributed by atoms with van der Waals surface area (Å²) in [6, 6.07) is 8.85. The number of anilines is 2. The second-order valence-electron chi connectivity index (χ2n) is 6.85. The summed E-state index contributed by atoms with van der Waals surface area (Å²) in [6.45, 7) is 3.94. The van der Waals surface area contributed by atoms with Gasteiger partial charge in [0.1, 0.15) is 5.75 Å². The minimum absolute atomic E-state index is 0.00505. The topological polar surface area (TPSA) is 97.4 Å². The van der Waals surface area contributed by atoms with E-state index in [2.05, 4.69) is 15.6 Å². The first-order valence-electron chi connectivity index (χ1n) is 8.81. The third-order valence-corrected chi connectivity index (χ3v) is 5.85. The number of hydrogen-bond donors (Lipinski definition) is 2. The van der Waals surface area contributed by atoms with Crippen LogP contribution < -0.4 is 15.4 Å². The lowest BCUT2D eigenvalue weighted by Gasteiger charge is -2.13. The molecule has 1 atom stereocenters. The Morgan fingerprint density at radius 3 is 2.56 bits per heavy atom. The van der Waals surface area contributed by atoms with Crippen molar-refractivity contribution in [3.05, 3.63) is 48.3 Å². The Bertz CT molecular complexity index is 911. The molecule has 0 saturated carbocycles. The lowest BCUT2D eigenvalue weighted by atomic mass is 10.2. The summed E-state index contributed by atoms with van der Waals surface area (Å²) in [5, 5.41) is 5.96.